The molecule has 5 nitrogen and oxygen atoms in total. The van der Waals surface area contributed by atoms with E-state index in [0.29, 0.717) is 22.8 Å². The van der Waals surface area contributed by atoms with E-state index in [1.54, 1.807) is 24.3 Å². The number of aryl methyl sites for hydroxylation is 2. The molecule has 2 aromatic rings. The molecule has 0 fully saturated rings. The van der Waals surface area contributed by atoms with E-state index >= 15 is 0 Å². The Hall–Kier alpha value is -2.34. The highest BCUT2D eigenvalue weighted by molar-refractivity contribution is 7.14. The van der Waals surface area contributed by atoms with E-state index in [-0.39, 0.29) is 11.8 Å². The molecule has 1 heterocycles. The molecule has 2 amide bonds. The number of benzene rings is 1. The number of carbonyl (C=O) groups is 2. The van der Waals surface area contributed by atoms with Gasteiger partial charge in [-0.3, -0.25) is 20.4 Å². The summed E-state index contributed by atoms with van der Waals surface area (Å²) in [4.78, 5) is 25.8. The molecule has 0 aliphatic rings. The second kappa shape index (κ2) is 7.78. The second-order valence-corrected chi connectivity index (χ2v) is 6.17. The minimum Gasteiger partial charge on any atom is -0.494 e. The Morgan fingerprint density at radius 3 is 2.30 bits per heavy atom. The molecule has 0 saturated carbocycles. The SMILES string of the molecule is CCOc1ccc(C(=O)NNC(=O)c2cc(CC)c(C)s2)cc1. The standard InChI is InChI=1S/C17H20N2O3S/c1-4-12-10-15(23-11(12)3)17(21)19-18-16(20)13-6-8-14(9-7-13)22-5-2/h6-10H,4-5H2,1-3H3,(H,18,20)(H,19,21). The van der Waals surface area contributed by atoms with Crippen molar-refractivity contribution in [2.24, 2.45) is 0 Å². The fourth-order valence-corrected chi connectivity index (χ4v) is 3.11. The predicted octanol–water partition coefficient (Wildman–Crippen LogP) is 3.09. The lowest BCUT2D eigenvalue weighted by atomic mass is 10.2. The molecule has 2 rings (SSSR count). The molecule has 0 radical (unpaired) electrons. The normalized spacial score (nSPS) is 10.2. The van der Waals surface area contributed by atoms with E-state index in [4.69, 9.17) is 4.74 Å². The highest BCUT2D eigenvalue weighted by Gasteiger charge is 2.13. The molecule has 2 N–H and O–H groups in total. The van der Waals surface area contributed by atoms with E-state index in [0.717, 1.165) is 16.9 Å². The van der Waals surface area contributed by atoms with Gasteiger partial charge in [0, 0.05) is 10.4 Å². The summed E-state index contributed by atoms with van der Waals surface area (Å²) >= 11 is 1.42. The van der Waals surface area contributed by atoms with Crippen LogP contribution in [0.4, 0.5) is 0 Å². The van der Waals surface area contributed by atoms with Crippen LogP contribution in [0, 0.1) is 6.92 Å². The molecule has 0 saturated heterocycles. The van der Waals surface area contributed by atoms with Crippen LogP contribution >= 0.6 is 11.3 Å². The zero-order chi connectivity index (χ0) is 16.8. The van der Waals surface area contributed by atoms with Crippen molar-refractivity contribution in [1.29, 1.82) is 0 Å². The van der Waals surface area contributed by atoms with E-state index in [1.807, 2.05) is 26.8 Å². The highest BCUT2D eigenvalue weighted by atomic mass is 32.1. The third-order valence-corrected chi connectivity index (χ3v) is 4.43. The van der Waals surface area contributed by atoms with Gasteiger partial charge in [-0.05, 0) is 56.2 Å². The van der Waals surface area contributed by atoms with Gasteiger partial charge < -0.3 is 4.74 Å². The van der Waals surface area contributed by atoms with Crippen LogP contribution in [0.5, 0.6) is 5.75 Å². The van der Waals surface area contributed by atoms with Crippen LogP contribution in [0.15, 0.2) is 30.3 Å². The van der Waals surface area contributed by atoms with Gasteiger partial charge >= 0.3 is 0 Å². The Kier molecular flexibility index (Phi) is 5.76. The van der Waals surface area contributed by atoms with Gasteiger partial charge in [-0.25, -0.2) is 0 Å². The minimum atomic E-state index is -0.370. The molecule has 0 bridgehead atoms. The summed E-state index contributed by atoms with van der Waals surface area (Å²) < 4.78 is 5.32. The molecule has 0 spiro atoms. The molecule has 122 valence electrons. The molecule has 0 atom stereocenters. The van der Waals surface area contributed by atoms with Crippen LogP contribution in [-0.4, -0.2) is 18.4 Å². The first-order valence-corrected chi connectivity index (χ1v) is 8.29. The zero-order valence-electron chi connectivity index (χ0n) is 13.4. The first-order chi connectivity index (χ1) is 11.0. The Balaban J connectivity index is 1.93. The second-order valence-electron chi connectivity index (χ2n) is 4.91. The number of hydrogen-bond donors (Lipinski definition) is 2. The van der Waals surface area contributed by atoms with E-state index in [1.165, 1.54) is 11.3 Å². The van der Waals surface area contributed by atoms with Gasteiger partial charge in [-0.1, -0.05) is 6.92 Å². The topological polar surface area (TPSA) is 67.4 Å². The predicted molar refractivity (Wildman–Crippen MR) is 91.0 cm³/mol. The molecular weight excluding hydrogens is 312 g/mol. The van der Waals surface area contributed by atoms with Crippen molar-refractivity contribution in [2.75, 3.05) is 6.61 Å². The maximum atomic E-state index is 12.1. The number of ether oxygens (including phenoxy) is 1. The van der Waals surface area contributed by atoms with Gasteiger partial charge in [-0.2, -0.15) is 0 Å². The molecule has 0 unspecified atom stereocenters. The minimum absolute atomic E-state index is 0.308. The number of carbonyl (C=O) groups excluding carboxylic acids is 2. The lowest BCUT2D eigenvalue weighted by Gasteiger charge is -2.07. The summed E-state index contributed by atoms with van der Waals surface area (Å²) in [5.74, 6) is 0.0247. The molecule has 23 heavy (non-hydrogen) atoms. The van der Waals surface area contributed by atoms with Crippen LogP contribution in [0.25, 0.3) is 0 Å². The molecule has 1 aromatic carbocycles. The van der Waals surface area contributed by atoms with Crippen LogP contribution in [0.3, 0.4) is 0 Å². The number of amides is 2. The lowest BCUT2D eigenvalue weighted by Crippen LogP contribution is -2.41. The fraction of sp³-hybridized carbons (Fsp3) is 0.294. The van der Waals surface area contributed by atoms with Crippen molar-refractivity contribution < 1.29 is 14.3 Å². The number of hydrazine groups is 1. The van der Waals surface area contributed by atoms with Crippen LogP contribution in [-0.2, 0) is 6.42 Å². The van der Waals surface area contributed by atoms with Crippen molar-refractivity contribution in [3.63, 3.8) is 0 Å². The largest absolute Gasteiger partial charge is 0.494 e. The Labute approximate surface area is 139 Å². The van der Waals surface area contributed by atoms with Crippen LogP contribution < -0.4 is 15.6 Å². The number of nitrogens with one attached hydrogen (secondary N) is 2. The fourth-order valence-electron chi connectivity index (χ4n) is 2.10. The van der Waals surface area contributed by atoms with Crippen molar-refractivity contribution in [1.82, 2.24) is 10.9 Å². The van der Waals surface area contributed by atoms with Gasteiger partial charge in [0.05, 0.1) is 11.5 Å². The van der Waals surface area contributed by atoms with Gasteiger partial charge in [0.25, 0.3) is 11.8 Å². The van der Waals surface area contributed by atoms with Gasteiger partial charge in [-0.15, -0.1) is 11.3 Å². The summed E-state index contributed by atoms with van der Waals surface area (Å²) in [6, 6.07) is 8.60. The van der Waals surface area contributed by atoms with Crippen LogP contribution in [0.2, 0.25) is 0 Å². The number of thiophene rings is 1. The summed E-state index contributed by atoms with van der Waals surface area (Å²) in [6.07, 6.45) is 0.883. The Morgan fingerprint density at radius 1 is 1.09 bits per heavy atom. The summed E-state index contributed by atoms with van der Waals surface area (Å²) in [5, 5.41) is 0. The van der Waals surface area contributed by atoms with Gasteiger partial charge in [0.15, 0.2) is 0 Å². The monoisotopic (exact) mass is 332 g/mol. The first-order valence-electron chi connectivity index (χ1n) is 7.48. The van der Waals surface area contributed by atoms with Crippen molar-refractivity contribution in [3.8, 4) is 5.75 Å². The molecule has 0 aliphatic carbocycles. The average Bonchev–Trinajstić information content (AvgIpc) is 2.94. The lowest BCUT2D eigenvalue weighted by molar-refractivity contribution is 0.0849. The summed E-state index contributed by atoms with van der Waals surface area (Å²) in [6.45, 7) is 6.50. The summed E-state index contributed by atoms with van der Waals surface area (Å²) in [7, 11) is 0. The third kappa shape index (κ3) is 4.32. The number of hydrogen-bond acceptors (Lipinski definition) is 4. The molecular formula is C17H20N2O3S. The Morgan fingerprint density at radius 2 is 1.74 bits per heavy atom. The quantitative estimate of drug-likeness (QED) is 0.827. The van der Waals surface area contributed by atoms with Crippen molar-refractivity contribution in [2.45, 2.75) is 27.2 Å². The maximum Gasteiger partial charge on any atom is 0.279 e. The van der Waals surface area contributed by atoms with Crippen molar-refractivity contribution in [3.05, 3.63) is 51.2 Å². The smallest absolute Gasteiger partial charge is 0.279 e. The zero-order valence-corrected chi connectivity index (χ0v) is 14.3. The molecule has 1 aromatic heterocycles. The number of rotatable bonds is 5. The molecule has 6 heteroatoms. The maximum absolute atomic E-state index is 12.1. The van der Waals surface area contributed by atoms with Gasteiger partial charge in [0.1, 0.15) is 5.75 Å². The summed E-state index contributed by atoms with van der Waals surface area (Å²) in [5.41, 5.74) is 6.47. The third-order valence-electron chi connectivity index (χ3n) is 3.34. The molecule has 0 aliphatic heterocycles. The van der Waals surface area contributed by atoms with E-state index in [2.05, 4.69) is 10.9 Å². The van der Waals surface area contributed by atoms with Crippen LogP contribution in [0.1, 0.15) is 44.3 Å². The van der Waals surface area contributed by atoms with E-state index in [9.17, 15) is 9.59 Å². The highest BCUT2D eigenvalue weighted by Crippen LogP contribution is 2.21. The average molecular weight is 332 g/mol. The van der Waals surface area contributed by atoms with E-state index < -0.39 is 0 Å². The Bertz CT molecular complexity index is 692. The van der Waals surface area contributed by atoms with Crippen molar-refractivity contribution >= 4 is 23.2 Å². The van der Waals surface area contributed by atoms with Gasteiger partial charge in [0.2, 0.25) is 0 Å². The first kappa shape index (κ1) is 17.0.